The number of halogens is 1. The lowest BCUT2D eigenvalue weighted by Gasteiger charge is -2.35. The van der Waals surface area contributed by atoms with Crippen LogP contribution in [0.3, 0.4) is 0 Å². The number of piperazine rings is 1. The zero-order valence-electron chi connectivity index (χ0n) is 16.3. The molecule has 1 aliphatic heterocycles. The zero-order chi connectivity index (χ0) is 19.7. The maximum Gasteiger partial charge on any atom is 0.0719 e. The summed E-state index contributed by atoms with van der Waals surface area (Å²) in [6, 6.07) is 16.7. The monoisotopic (exact) mass is 391 g/mol. The number of likely N-dealkylation sites (N-methyl/N-ethyl adjacent to an activating group) is 1. The SMILES string of the molecule is C=c1c(Cl)c(Nc2ccc(N3CCN(CC)CC3)cc2)c(=C)c2ccccc12. The fraction of sp³-hybridized carbons (Fsp3) is 0.250. The highest BCUT2D eigenvalue weighted by atomic mass is 35.5. The first-order valence-electron chi connectivity index (χ1n) is 9.81. The van der Waals surface area contributed by atoms with Crippen LogP contribution in [0.1, 0.15) is 6.92 Å². The topological polar surface area (TPSA) is 18.5 Å². The molecule has 0 saturated carbocycles. The molecule has 0 amide bonds. The molecule has 0 aromatic heterocycles. The first kappa shape index (κ1) is 18.9. The fourth-order valence-corrected chi connectivity index (χ4v) is 4.16. The van der Waals surface area contributed by atoms with Crippen molar-refractivity contribution in [2.75, 3.05) is 42.9 Å². The minimum Gasteiger partial charge on any atom is -0.369 e. The lowest BCUT2D eigenvalue weighted by Crippen LogP contribution is -2.46. The Hall–Kier alpha value is -2.49. The zero-order valence-corrected chi connectivity index (χ0v) is 17.1. The van der Waals surface area contributed by atoms with E-state index < -0.39 is 0 Å². The summed E-state index contributed by atoms with van der Waals surface area (Å²) < 4.78 is 0. The molecule has 144 valence electrons. The summed E-state index contributed by atoms with van der Waals surface area (Å²) in [5.74, 6) is 0. The maximum atomic E-state index is 6.63. The number of nitrogens with one attached hydrogen (secondary N) is 1. The summed E-state index contributed by atoms with van der Waals surface area (Å²) in [6.07, 6.45) is 0. The summed E-state index contributed by atoms with van der Waals surface area (Å²) >= 11 is 6.63. The Balaban J connectivity index is 1.59. The summed E-state index contributed by atoms with van der Waals surface area (Å²) in [5, 5.41) is 7.93. The molecule has 1 saturated heterocycles. The number of hydrogen-bond donors (Lipinski definition) is 1. The van der Waals surface area contributed by atoms with Crippen molar-refractivity contribution < 1.29 is 0 Å². The molecule has 0 unspecified atom stereocenters. The van der Waals surface area contributed by atoms with Crippen molar-refractivity contribution in [2.45, 2.75) is 6.92 Å². The van der Waals surface area contributed by atoms with Gasteiger partial charge in [-0.1, -0.05) is 55.9 Å². The minimum absolute atomic E-state index is 0.628. The second-order valence-electron chi connectivity index (χ2n) is 7.28. The van der Waals surface area contributed by atoms with Gasteiger partial charge in [0, 0.05) is 42.8 Å². The Kier molecular flexibility index (Phi) is 5.29. The van der Waals surface area contributed by atoms with Crippen LogP contribution in [-0.4, -0.2) is 37.6 Å². The average Bonchev–Trinajstić information content (AvgIpc) is 2.76. The second-order valence-corrected chi connectivity index (χ2v) is 7.66. The highest BCUT2D eigenvalue weighted by molar-refractivity contribution is 6.34. The Morgan fingerprint density at radius 1 is 0.893 bits per heavy atom. The Morgan fingerprint density at radius 2 is 1.50 bits per heavy atom. The molecule has 4 rings (SSSR count). The molecule has 1 heterocycles. The summed E-state index contributed by atoms with van der Waals surface area (Å²) in [4.78, 5) is 4.93. The number of anilines is 3. The van der Waals surface area contributed by atoms with Gasteiger partial charge < -0.3 is 15.1 Å². The Morgan fingerprint density at radius 3 is 2.11 bits per heavy atom. The van der Waals surface area contributed by atoms with E-state index in [0.717, 1.165) is 65.3 Å². The van der Waals surface area contributed by atoms with E-state index in [-0.39, 0.29) is 0 Å². The normalized spacial score (nSPS) is 15.1. The van der Waals surface area contributed by atoms with Crippen molar-refractivity contribution in [3.63, 3.8) is 0 Å². The van der Waals surface area contributed by atoms with Crippen LogP contribution in [0.15, 0.2) is 48.5 Å². The second kappa shape index (κ2) is 7.86. The Bertz CT molecular complexity index is 1080. The number of rotatable bonds is 4. The van der Waals surface area contributed by atoms with Crippen LogP contribution in [0.2, 0.25) is 5.02 Å². The quantitative estimate of drug-likeness (QED) is 0.719. The predicted molar refractivity (Wildman–Crippen MR) is 123 cm³/mol. The molecule has 0 atom stereocenters. The van der Waals surface area contributed by atoms with E-state index in [1.54, 1.807) is 0 Å². The molecule has 3 aromatic rings. The standard InChI is InChI=1S/C24H26ClN3/c1-4-27-13-15-28(16-14-27)20-11-9-19(10-12-20)26-24-18(3)22-8-6-5-7-21(22)17(2)23(24)25/h5-12,26H,2-4,13-16H2,1H3. The molecule has 0 spiro atoms. The molecule has 28 heavy (non-hydrogen) atoms. The van der Waals surface area contributed by atoms with E-state index in [1.807, 2.05) is 18.2 Å². The van der Waals surface area contributed by atoms with E-state index in [2.05, 4.69) is 65.5 Å². The van der Waals surface area contributed by atoms with Crippen LogP contribution < -0.4 is 20.7 Å². The predicted octanol–water partition coefficient (Wildman–Crippen LogP) is 4.20. The van der Waals surface area contributed by atoms with Crippen LogP contribution in [0, 0.1) is 0 Å². The smallest absolute Gasteiger partial charge is 0.0719 e. The van der Waals surface area contributed by atoms with Crippen LogP contribution in [0.4, 0.5) is 17.1 Å². The molecule has 4 heteroatoms. The largest absolute Gasteiger partial charge is 0.369 e. The minimum atomic E-state index is 0.628. The Labute approximate surface area is 171 Å². The van der Waals surface area contributed by atoms with E-state index in [1.165, 1.54) is 5.69 Å². The van der Waals surface area contributed by atoms with Gasteiger partial charge >= 0.3 is 0 Å². The number of benzene rings is 3. The van der Waals surface area contributed by atoms with Gasteiger partial charge in [-0.2, -0.15) is 0 Å². The van der Waals surface area contributed by atoms with Crippen molar-refractivity contribution in [2.24, 2.45) is 0 Å². The van der Waals surface area contributed by atoms with Crippen molar-refractivity contribution in [3.8, 4) is 0 Å². The molecular formula is C24H26ClN3. The third-order valence-corrected chi connectivity index (χ3v) is 6.10. The van der Waals surface area contributed by atoms with Gasteiger partial charge in [-0.3, -0.25) is 0 Å². The molecular weight excluding hydrogens is 366 g/mol. The molecule has 3 aromatic carbocycles. The molecule has 3 nitrogen and oxygen atoms in total. The molecule has 1 aliphatic rings. The number of nitrogens with zero attached hydrogens (tertiary/aromatic N) is 2. The van der Waals surface area contributed by atoms with Crippen LogP contribution in [0.25, 0.3) is 23.9 Å². The first-order valence-corrected chi connectivity index (χ1v) is 10.2. The average molecular weight is 392 g/mol. The van der Waals surface area contributed by atoms with Crippen molar-refractivity contribution in [1.82, 2.24) is 4.90 Å². The van der Waals surface area contributed by atoms with Gasteiger partial charge in [-0.15, -0.1) is 0 Å². The van der Waals surface area contributed by atoms with E-state index in [9.17, 15) is 0 Å². The van der Waals surface area contributed by atoms with Gasteiger partial charge in [0.2, 0.25) is 0 Å². The van der Waals surface area contributed by atoms with E-state index >= 15 is 0 Å². The van der Waals surface area contributed by atoms with Crippen molar-refractivity contribution in [1.29, 1.82) is 0 Å². The third-order valence-electron chi connectivity index (χ3n) is 5.68. The van der Waals surface area contributed by atoms with Crippen molar-refractivity contribution >= 4 is 52.6 Å². The maximum absolute atomic E-state index is 6.63. The van der Waals surface area contributed by atoms with Gasteiger partial charge in [-0.05, 0) is 46.8 Å². The highest BCUT2D eigenvalue weighted by Gasteiger charge is 2.16. The van der Waals surface area contributed by atoms with E-state index in [0.29, 0.717) is 5.02 Å². The molecule has 0 radical (unpaired) electrons. The molecule has 0 bridgehead atoms. The fourth-order valence-electron chi connectivity index (χ4n) is 3.90. The summed E-state index contributed by atoms with van der Waals surface area (Å²) in [7, 11) is 0. The van der Waals surface area contributed by atoms with Gasteiger partial charge in [0.1, 0.15) is 0 Å². The summed E-state index contributed by atoms with van der Waals surface area (Å²) in [6.45, 7) is 16.2. The first-order chi connectivity index (χ1) is 13.6. The highest BCUT2D eigenvalue weighted by Crippen LogP contribution is 2.25. The molecule has 1 N–H and O–H groups in total. The molecule has 0 aliphatic carbocycles. The van der Waals surface area contributed by atoms with Crippen LogP contribution in [0.5, 0.6) is 0 Å². The third kappa shape index (κ3) is 3.48. The van der Waals surface area contributed by atoms with Crippen molar-refractivity contribution in [3.05, 3.63) is 64.0 Å². The van der Waals surface area contributed by atoms with Gasteiger partial charge in [0.25, 0.3) is 0 Å². The number of hydrogen-bond acceptors (Lipinski definition) is 3. The molecule has 1 fully saturated rings. The summed E-state index contributed by atoms with van der Waals surface area (Å²) in [5.41, 5.74) is 3.09. The lowest BCUT2D eigenvalue weighted by atomic mass is 10.0. The lowest BCUT2D eigenvalue weighted by molar-refractivity contribution is 0.271. The van der Waals surface area contributed by atoms with Gasteiger partial charge in [-0.25, -0.2) is 0 Å². The van der Waals surface area contributed by atoms with E-state index in [4.69, 9.17) is 11.6 Å². The van der Waals surface area contributed by atoms with Gasteiger partial charge in [0.15, 0.2) is 0 Å². The van der Waals surface area contributed by atoms with Crippen LogP contribution >= 0.6 is 11.6 Å². The van der Waals surface area contributed by atoms with Crippen LogP contribution in [-0.2, 0) is 0 Å². The number of fused-ring (bicyclic) bond motifs is 1. The van der Waals surface area contributed by atoms with Gasteiger partial charge in [0.05, 0.1) is 10.7 Å².